The van der Waals surface area contributed by atoms with Crippen molar-refractivity contribution in [3.8, 4) is 0 Å². The third kappa shape index (κ3) is 6.66. The molecule has 0 aromatic heterocycles. The first-order valence-electron chi connectivity index (χ1n) is 12.4. The molecule has 0 unspecified atom stereocenters. The molecule has 188 valence electrons. The van der Waals surface area contributed by atoms with Crippen LogP contribution >= 0.6 is 23.2 Å². The minimum Gasteiger partial charge on any atom is -0.507 e. The Morgan fingerprint density at radius 3 is 2.17 bits per heavy atom. The van der Waals surface area contributed by atoms with Gasteiger partial charge in [0.05, 0.1) is 11.6 Å². The zero-order chi connectivity index (χ0) is 25.4. The van der Waals surface area contributed by atoms with Crippen molar-refractivity contribution in [1.82, 2.24) is 9.80 Å². The summed E-state index contributed by atoms with van der Waals surface area (Å²) in [6.45, 7) is 7.63. The molecule has 2 aromatic rings. The Labute approximate surface area is 218 Å². The van der Waals surface area contributed by atoms with E-state index in [2.05, 4.69) is 18.7 Å². The smallest absolute Gasteiger partial charge is 0.295 e. The molecule has 0 bridgehead atoms. The van der Waals surface area contributed by atoms with Crippen molar-refractivity contribution in [3.05, 3.63) is 75.3 Å². The molecule has 7 heteroatoms. The van der Waals surface area contributed by atoms with Gasteiger partial charge >= 0.3 is 0 Å². The Balaban J connectivity index is 1.93. The molecule has 35 heavy (non-hydrogen) atoms. The highest BCUT2D eigenvalue weighted by atomic mass is 35.5. The summed E-state index contributed by atoms with van der Waals surface area (Å²) >= 11 is 12.7. The number of hydrogen-bond donors (Lipinski definition) is 1. The van der Waals surface area contributed by atoms with Gasteiger partial charge in [-0.2, -0.15) is 0 Å². The topological polar surface area (TPSA) is 60.9 Å². The van der Waals surface area contributed by atoms with Crippen molar-refractivity contribution < 1.29 is 14.7 Å². The van der Waals surface area contributed by atoms with Crippen LogP contribution in [0.2, 0.25) is 10.0 Å². The number of nitrogens with zero attached hydrogens (tertiary/aromatic N) is 2. The standard InChI is InChI=1S/C28H34Cl2N2O3/c1-3-5-15-31(16-6-4-2)17-10-18-32-25(22-14-13-21(29)19-23(22)30)24(27(34)28(32)35)26(33)20-11-8-7-9-12-20/h7-9,11-14,19,25,33H,3-6,10,15-18H2,1-2H3/t25-/m0/s1. The summed E-state index contributed by atoms with van der Waals surface area (Å²) in [7, 11) is 0. The maximum atomic E-state index is 13.2. The fourth-order valence-electron chi connectivity index (χ4n) is 4.47. The number of amides is 1. The van der Waals surface area contributed by atoms with E-state index in [-0.39, 0.29) is 11.3 Å². The lowest BCUT2D eigenvalue weighted by Crippen LogP contribution is -2.34. The summed E-state index contributed by atoms with van der Waals surface area (Å²) in [5.41, 5.74) is 1.10. The first kappa shape index (κ1) is 27.3. The number of benzene rings is 2. The minimum absolute atomic E-state index is 0.0549. The van der Waals surface area contributed by atoms with Crippen LogP contribution in [0.15, 0.2) is 54.1 Å². The van der Waals surface area contributed by atoms with Gasteiger partial charge in [-0.3, -0.25) is 9.59 Å². The highest BCUT2D eigenvalue weighted by Gasteiger charge is 2.46. The predicted molar refractivity (Wildman–Crippen MR) is 143 cm³/mol. The van der Waals surface area contributed by atoms with Crippen LogP contribution in [0, 0.1) is 0 Å². The fourth-order valence-corrected chi connectivity index (χ4v) is 4.98. The number of Topliss-reactive ketones (excluding diaryl/α,β-unsaturated/α-hetero) is 1. The molecule has 0 aliphatic carbocycles. The number of likely N-dealkylation sites (tertiary alicyclic amines) is 1. The van der Waals surface area contributed by atoms with Gasteiger partial charge in [0, 0.05) is 22.2 Å². The van der Waals surface area contributed by atoms with Crippen LogP contribution in [-0.4, -0.2) is 52.8 Å². The fraction of sp³-hybridized carbons (Fsp3) is 0.429. The van der Waals surface area contributed by atoms with Crippen LogP contribution in [0.1, 0.15) is 63.1 Å². The number of ketones is 1. The number of rotatable bonds is 12. The molecule has 0 spiro atoms. The van der Waals surface area contributed by atoms with Gasteiger partial charge in [0.15, 0.2) is 0 Å². The molecule has 1 N–H and O–H groups in total. The normalized spacial score (nSPS) is 17.5. The van der Waals surface area contributed by atoms with Gasteiger partial charge in [-0.1, -0.05) is 86.3 Å². The van der Waals surface area contributed by atoms with Gasteiger partial charge < -0.3 is 14.9 Å². The molecule has 1 aliphatic rings. The molecule has 1 fully saturated rings. The Bertz CT molecular complexity index is 1050. The second-order valence-corrected chi connectivity index (χ2v) is 9.77. The van der Waals surface area contributed by atoms with Crippen molar-refractivity contribution in [3.63, 3.8) is 0 Å². The summed E-state index contributed by atoms with van der Waals surface area (Å²) in [4.78, 5) is 30.3. The highest BCUT2D eigenvalue weighted by molar-refractivity contribution is 6.47. The molecule has 0 radical (unpaired) electrons. The van der Waals surface area contributed by atoms with Crippen molar-refractivity contribution >= 4 is 40.7 Å². The van der Waals surface area contributed by atoms with Gasteiger partial charge in [-0.15, -0.1) is 0 Å². The summed E-state index contributed by atoms with van der Waals surface area (Å²) in [6, 6.07) is 13.0. The number of hydrogen-bond acceptors (Lipinski definition) is 4. The Kier molecular flexibility index (Phi) is 10.2. The van der Waals surface area contributed by atoms with Gasteiger partial charge in [0.25, 0.3) is 11.7 Å². The molecule has 1 atom stereocenters. The monoisotopic (exact) mass is 516 g/mol. The van der Waals surface area contributed by atoms with Crippen LogP contribution in [0.3, 0.4) is 0 Å². The molecule has 0 saturated carbocycles. The number of aliphatic hydroxyl groups excluding tert-OH is 1. The first-order valence-corrected chi connectivity index (χ1v) is 13.2. The maximum Gasteiger partial charge on any atom is 0.295 e. The molecular weight excluding hydrogens is 483 g/mol. The molecule has 1 amide bonds. The average Bonchev–Trinajstić information content (AvgIpc) is 3.10. The Hall–Kier alpha value is -2.34. The molecule has 5 nitrogen and oxygen atoms in total. The molecule has 1 heterocycles. The SMILES string of the molecule is CCCCN(CCCC)CCCN1C(=O)C(=O)C(=C(O)c2ccccc2)[C@@H]1c1ccc(Cl)cc1Cl. The van der Waals surface area contributed by atoms with E-state index in [4.69, 9.17) is 23.2 Å². The quantitative estimate of drug-likeness (QED) is 0.193. The van der Waals surface area contributed by atoms with Crippen LogP contribution < -0.4 is 0 Å². The Morgan fingerprint density at radius 2 is 1.57 bits per heavy atom. The first-order chi connectivity index (χ1) is 16.9. The van der Waals surface area contributed by atoms with E-state index >= 15 is 0 Å². The van der Waals surface area contributed by atoms with Gasteiger partial charge in [0.2, 0.25) is 0 Å². The third-order valence-corrected chi connectivity index (χ3v) is 6.94. The molecule has 2 aromatic carbocycles. The summed E-state index contributed by atoms with van der Waals surface area (Å²) in [5, 5.41) is 11.9. The maximum absolute atomic E-state index is 13.2. The predicted octanol–water partition coefficient (Wildman–Crippen LogP) is 6.71. The van der Waals surface area contributed by atoms with E-state index in [1.165, 1.54) is 0 Å². The minimum atomic E-state index is -0.778. The molecule has 1 saturated heterocycles. The summed E-state index contributed by atoms with van der Waals surface area (Å²) < 4.78 is 0. The second-order valence-electron chi connectivity index (χ2n) is 8.93. The van der Waals surface area contributed by atoms with E-state index in [9.17, 15) is 14.7 Å². The molecule has 1 aliphatic heterocycles. The van der Waals surface area contributed by atoms with Gasteiger partial charge in [-0.05, 0) is 56.6 Å². The Morgan fingerprint density at radius 1 is 0.943 bits per heavy atom. The van der Waals surface area contributed by atoms with Crippen molar-refractivity contribution in [1.29, 1.82) is 0 Å². The van der Waals surface area contributed by atoms with Crippen molar-refractivity contribution in [2.75, 3.05) is 26.2 Å². The van der Waals surface area contributed by atoms with E-state index in [1.807, 2.05) is 6.07 Å². The van der Waals surface area contributed by atoms with E-state index < -0.39 is 17.7 Å². The summed E-state index contributed by atoms with van der Waals surface area (Å²) in [5.74, 6) is -1.52. The average molecular weight is 517 g/mol. The number of unbranched alkanes of at least 4 members (excludes halogenated alkanes) is 2. The lowest BCUT2D eigenvalue weighted by molar-refractivity contribution is -0.140. The van der Waals surface area contributed by atoms with E-state index in [0.29, 0.717) is 34.1 Å². The lowest BCUT2D eigenvalue weighted by atomic mass is 9.95. The zero-order valence-corrected chi connectivity index (χ0v) is 22.0. The summed E-state index contributed by atoms with van der Waals surface area (Å²) in [6.07, 6.45) is 5.24. The van der Waals surface area contributed by atoms with Crippen molar-refractivity contribution in [2.45, 2.75) is 52.0 Å². The number of carbonyl (C=O) groups is 2. The molecule has 3 rings (SSSR count). The van der Waals surface area contributed by atoms with E-state index in [0.717, 1.165) is 45.3 Å². The number of halogens is 2. The zero-order valence-electron chi connectivity index (χ0n) is 20.5. The van der Waals surface area contributed by atoms with Crippen LogP contribution in [0.5, 0.6) is 0 Å². The highest BCUT2D eigenvalue weighted by Crippen LogP contribution is 2.42. The van der Waals surface area contributed by atoms with E-state index in [1.54, 1.807) is 47.4 Å². The van der Waals surface area contributed by atoms with Crippen molar-refractivity contribution in [2.24, 2.45) is 0 Å². The third-order valence-electron chi connectivity index (χ3n) is 6.37. The second kappa shape index (κ2) is 13.1. The molecular formula is C28H34Cl2N2O3. The van der Waals surface area contributed by atoms with Crippen LogP contribution in [0.25, 0.3) is 5.76 Å². The van der Waals surface area contributed by atoms with Crippen LogP contribution in [-0.2, 0) is 9.59 Å². The van der Waals surface area contributed by atoms with Gasteiger partial charge in [0.1, 0.15) is 5.76 Å². The number of carbonyl (C=O) groups excluding carboxylic acids is 2. The van der Waals surface area contributed by atoms with Gasteiger partial charge in [-0.25, -0.2) is 0 Å². The largest absolute Gasteiger partial charge is 0.507 e. The number of aliphatic hydroxyl groups is 1. The lowest BCUT2D eigenvalue weighted by Gasteiger charge is -2.28. The van der Waals surface area contributed by atoms with Crippen LogP contribution in [0.4, 0.5) is 0 Å².